The lowest BCUT2D eigenvalue weighted by Gasteiger charge is -2.07. The van der Waals surface area contributed by atoms with Crippen LogP contribution in [0, 0.1) is 19.7 Å². The van der Waals surface area contributed by atoms with Gasteiger partial charge in [-0.05, 0) is 38.0 Å². The fourth-order valence-electron chi connectivity index (χ4n) is 2.81. The zero-order valence-corrected chi connectivity index (χ0v) is 13.0. The van der Waals surface area contributed by atoms with Gasteiger partial charge in [-0.15, -0.1) is 0 Å². The number of hydrogen-bond acceptors (Lipinski definition) is 3. The Morgan fingerprint density at radius 1 is 1.35 bits per heavy atom. The number of rotatable bonds is 4. The smallest absolute Gasteiger partial charge is 0.254 e. The maximum absolute atomic E-state index is 12.9. The molecule has 1 aliphatic rings. The molecule has 0 spiro atoms. The van der Waals surface area contributed by atoms with Crippen LogP contribution < -0.4 is 10.9 Å². The second-order valence-electron chi connectivity index (χ2n) is 5.96. The lowest BCUT2D eigenvalue weighted by molar-refractivity contribution is -0.120. The molecule has 0 saturated heterocycles. The van der Waals surface area contributed by atoms with Crippen molar-refractivity contribution >= 4 is 5.91 Å². The van der Waals surface area contributed by atoms with Crippen molar-refractivity contribution in [3.63, 3.8) is 0 Å². The summed E-state index contributed by atoms with van der Waals surface area (Å²) in [4.78, 5) is 30.8. The van der Waals surface area contributed by atoms with E-state index in [1.165, 1.54) is 12.1 Å². The van der Waals surface area contributed by atoms with E-state index < -0.39 is 0 Å². The molecular weight excluding hydrogens is 297 g/mol. The molecule has 1 aromatic carbocycles. The highest BCUT2D eigenvalue weighted by molar-refractivity contribution is 5.79. The SMILES string of the molecule is Cc1nc(C)c(CC(=O)NC2CC2c2ccc(F)cc2)c(=O)[nH]1. The summed E-state index contributed by atoms with van der Waals surface area (Å²) in [7, 11) is 0. The molecule has 23 heavy (non-hydrogen) atoms. The van der Waals surface area contributed by atoms with Gasteiger partial charge in [-0.2, -0.15) is 0 Å². The second kappa shape index (κ2) is 5.95. The molecule has 1 aromatic heterocycles. The van der Waals surface area contributed by atoms with Crippen LogP contribution in [0.15, 0.2) is 29.1 Å². The van der Waals surface area contributed by atoms with Crippen LogP contribution in [0.2, 0.25) is 0 Å². The summed E-state index contributed by atoms with van der Waals surface area (Å²) in [6.45, 7) is 3.43. The lowest BCUT2D eigenvalue weighted by atomic mass is 10.1. The Hall–Kier alpha value is -2.50. The minimum Gasteiger partial charge on any atom is -0.352 e. The highest BCUT2D eigenvalue weighted by Crippen LogP contribution is 2.40. The average molecular weight is 315 g/mol. The quantitative estimate of drug-likeness (QED) is 0.902. The second-order valence-corrected chi connectivity index (χ2v) is 5.96. The number of hydrogen-bond donors (Lipinski definition) is 2. The zero-order valence-electron chi connectivity index (χ0n) is 13.0. The normalized spacial score (nSPS) is 19.4. The summed E-state index contributed by atoms with van der Waals surface area (Å²) < 4.78 is 12.9. The number of nitrogens with one attached hydrogen (secondary N) is 2. The van der Waals surface area contributed by atoms with Crippen molar-refractivity contribution in [2.75, 3.05) is 0 Å². The van der Waals surface area contributed by atoms with Gasteiger partial charge >= 0.3 is 0 Å². The predicted octanol–water partition coefficient (Wildman–Crippen LogP) is 1.74. The predicted molar refractivity (Wildman–Crippen MR) is 83.7 cm³/mol. The van der Waals surface area contributed by atoms with Gasteiger partial charge in [-0.3, -0.25) is 9.59 Å². The molecule has 1 aliphatic carbocycles. The monoisotopic (exact) mass is 315 g/mol. The Morgan fingerprint density at radius 3 is 2.70 bits per heavy atom. The third kappa shape index (κ3) is 3.47. The Morgan fingerprint density at radius 2 is 2.04 bits per heavy atom. The molecule has 2 unspecified atom stereocenters. The van der Waals surface area contributed by atoms with E-state index in [0.717, 1.165) is 12.0 Å². The number of carbonyl (C=O) groups excluding carboxylic acids is 1. The van der Waals surface area contributed by atoms with Gasteiger partial charge in [0.1, 0.15) is 11.6 Å². The van der Waals surface area contributed by atoms with Crippen LogP contribution in [0.4, 0.5) is 4.39 Å². The molecule has 0 bridgehead atoms. The highest BCUT2D eigenvalue weighted by atomic mass is 19.1. The molecule has 1 saturated carbocycles. The number of carbonyl (C=O) groups is 1. The zero-order chi connectivity index (χ0) is 16.6. The summed E-state index contributed by atoms with van der Waals surface area (Å²) in [5.74, 6) is 0.292. The molecule has 120 valence electrons. The van der Waals surface area contributed by atoms with E-state index in [1.807, 2.05) is 0 Å². The van der Waals surface area contributed by atoms with E-state index in [0.29, 0.717) is 17.1 Å². The van der Waals surface area contributed by atoms with Crippen LogP contribution in [0.25, 0.3) is 0 Å². The summed E-state index contributed by atoms with van der Waals surface area (Å²) in [6, 6.07) is 6.38. The fourth-order valence-corrected chi connectivity index (χ4v) is 2.81. The number of aromatic amines is 1. The van der Waals surface area contributed by atoms with E-state index in [4.69, 9.17) is 0 Å². The standard InChI is InChI=1S/C17H18FN3O2/c1-9-13(17(23)20-10(2)19-9)8-16(22)21-15-7-14(15)11-3-5-12(18)6-4-11/h3-6,14-15H,7-8H2,1-2H3,(H,21,22)(H,19,20,23). The van der Waals surface area contributed by atoms with Gasteiger partial charge in [-0.25, -0.2) is 9.37 Å². The van der Waals surface area contributed by atoms with E-state index in [1.54, 1.807) is 26.0 Å². The van der Waals surface area contributed by atoms with E-state index in [9.17, 15) is 14.0 Å². The van der Waals surface area contributed by atoms with E-state index in [2.05, 4.69) is 15.3 Å². The number of benzene rings is 1. The average Bonchev–Trinajstić information content (AvgIpc) is 3.22. The molecule has 2 aromatic rings. The number of aryl methyl sites for hydroxylation is 2. The minimum absolute atomic E-state index is 0.0150. The molecule has 5 nitrogen and oxygen atoms in total. The summed E-state index contributed by atoms with van der Waals surface area (Å²) in [6.07, 6.45) is 0.847. The molecule has 1 heterocycles. The summed E-state index contributed by atoms with van der Waals surface area (Å²) in [5.41, 5.74) is 1.72. The minimum atomic E-state index is -0.268. The van der Waals surface area contributed by atoms with Crippen molar-refractivity contribution in [3.05, 3.63) is 63.1 Å². The maximum atomic E-state index is 12.9. The Labute approximate surface area is 133 Å². The number of nitrogens with zero attached hydrogens (tertiary/aromatic N) is 1. The van der Waals surface area contributed by atoms with Crippen LogP contribution >= 0.6 is 0 Å². The van der Waals surface area contributed by atoms with Gasteiger partial charge < -0.3 is 10.3 Å². The molecule has 0 aliphatic heterocycles. The first kappa shape index (κ1) is 15.4. The molecule has 3 rings (SSSR count). The van der Waals surface area contributed by atoms with Crippen molar-refractivity contribution in [2.45, 2.75) is 38.6 Å². The van der Waals surface area contributed by atoms with Gasteiger partial charge in [0.15, 0.2) is 0 Å². The molecular formula is C17H18FN3O2. The third-order valence-electron chi connectivity index (χ3n) is 4.11. The molecule has 6 heteroatoms. The Bertz CT molecular complexity index is 798. The van der Waals surface area contributed by atoms with Crippen molar-refractivity contribution in [2.24, 2.45) is 0 Å². The van der Waals surface area contributed by atoms with Crippen molar-refractivity contribution in [1.29, 1.82) is 0 Å². The van der Waals surface area contributed by atoms with Crippen LogP contribution in [-0.2, 0) is 11.2 Å². The molecule has 0 radical (unpaired) electrons. The van der Waals surface area contributed by atoms with Gasteiger partial charge in [0.25, 0.3) is 5.56 Å². The first-order chi connectivity index (χ1) is 10.9. The number of amides is 1. The van der Waals surface area contributed by atoms with E-state index >= 15 is 0 Å². The van der Waals surface area contributed by atoms with Crippen molar-refractivity contribution < 1.29 is 9.18 Å². The Kier molecular flexibility index (Phi) is 3.98. The molecule has 1 fully saturated rings. The first-order valence-corrected chi connectivity index (χ1v) is 7.55. The fraction of sp³-hybridized carbons (Fsp3) is 0.353. The summed E-state index contributed by atoms with van der Waals surface area (Å²) in [5, 5.41) is 2.92. The van der Waals surface area contributed by atoms with Crippen molar-refractivity contribution in [1.82, 2.24) is 15.3 Å². The lowest BCUT2D eigenvalue weighted by Crippen LogP contribution is -2.31. The van der Waals surface area contributed by atoms with Gasteiger partial charge in [0.05, 0.1) is 6.42 Å². The van der Waals surface area contributed by atoms with Crippen LogP contribution in [0.1, 0.15) is 35.0 Å². The topological polar surface area (TPSA) is 74.8 Å². The molecule has 1 amide bonds. The van der Waals surface area contributed by atoms with Crippen molar-refractivity contribution in [3.8, 4) is 0 Å². The van der Waals surface area contributed by atoms with Crippen LogP contribution in [-0.4, -0.2) is 21.9 Å². The van der Waals surface area contributed by atoms with Gasteiger partial charge in [0, 0.05) is 23.2 Å². The number of halogens is 1. The largest absolute Gasteiger partial charge is 0.352 e. The third-order valence-corrected chi connectivity index (χ3v) is 4.11. The molecule has 2 atom stereocenters. The maximum Gasteiger partial charge on any atom is 0.254 e. The summed E-state index contributed by atoms with van der Waals surface area (Å²) >= 11 is 0. The van der Waals surface area contributed by atoms with Crippen LogP contribution in [0.3, 0.4) is 0 Å². The highest BCUT2D eigenvalue weighted by Gasteiger charge is 2.39. The first-order valence-electron chi connectivity index (χ1n) is 7.55. The number of aromatic nitrogens is 2. The van der Waals surface area contributed by atoms with Gasteiger partial charge in [0.2, 0.25) is 5.91 Å². The Balaban J connectivity index is 1.61. The van der Waals surface area contributed by atoms with Crippen LogP contribution in [0.5, 0.6) is 0 Å². The van der Waals surface area contributed by atoms with Gasteiger partial charge in [-0.1, -0.05) is 12.1 Å². The van der Waals surface area contributed by atoms with E-state index in [-0.39, 0.29) is 35.7 Å². The molecule has 2 N–H and O–H groups in total. The number of H-pyrrole nitrogens is 1.